The van der Waals surface area contributed by atoms with Crippen molar-refractivity contribution in [3.8, 4) is 11.5 Å². The van der Waals surface area contributed by atoms with Gasteiger partial charge in [-0.3, -0.25) is 9.69 Å². The fourth-order valence-electron chi connectivity index (χ4n) is 6.71. The van der Waals surface area contributed by atoms with Gasteiger partial charge in [-0.2, -0.15) is 0 Å². The zero-order valence-electron chi connectivity index (χ0n) is 27.9. The second kappa shape index (κ2) is 12.1. The van der Waals surface area contributed by atoms with Crippen LogP contribution in [0.4, 0.5) is 5.69 Å². The molecule has 0 bridgehead atoms. The Morgan fingerprint density at radius 2 is 1.74 bits per heavy atom. The van der Waals surface area contributed by atoms with Gasteiger partial charge in [-0.05, 0) is 111 Å². The number of likely N-dealkylation sites (tertiary alicyclic amines) is 1. The van der Waals surface area contributed by atoms with E-state index in [2.05, 4.69) is 4.90 Å². The van der Waals surface area contributed by atoms with Crippen molar-refractivity contribution in [3.05, 3.63) is 87.9 Å². The van der Waals surface area contributed by atoms with E-state index in [9.17, 15) is 9.90 Å². The van der Waals surface area contributed by atoms with Crippen molar-refractivity contribution in [2.24, 2.45) is 5.92 Å². The van der Waals surface area contributed by atoms with Gasteiger partial charge in [0.2, 0.25) is 5.91 Å². The summed E-state index contributed by atoms with van der Waals surface area (Å²) in [7, 11) is -2.69. The summed E-state index contributed by atoms with van der Waals surface area (Å²) in [6.45, 7) is 9.08. The number of amides is 1. The number of nitrogens with zero attached hydrogens (tertiary/aromatic N) is 2. The summed E-state index contributed by atoms with van der Waals surface area (Å²) in [6, 6.07) is 18.3. The fourth-order valence-corrected chi connectivity index (χ4v) is 6.83. The monoisotopic (exact) mass is 607 g/mol. The van der Waals surface area contributed by atoms with Crippen molar-refractivity contribution < 1.29 is 28.2 Å². The highest BCUT2D eigenvalue weighted by molar-refractivity contribution is 6.30. The molecule has 3 aromatic rings. The number of hydrogen-bond donors (Lipinski definition) is 1. The molecular weight excluding hydrogens is 564 g/mol. The lowest BCUT2D eigenvalue weighted by molar-refractivity contribution is -0.118. The number of carbonyl (C=O) groups excluding carboxylic acids is 1. The van der Waals surface area contributed by atoms with Crippen molar-refractivity contribution in [2.45, 2.75) is 63.8 Å². The van der Waals surface area contributed by atoms with Crippen molar-refractivity contribution in [2.75, 3.05) is 38.2 Å². The van der Waals surface area contributed by atoms with E-state index < -0.39 is 18.7 Å². The molecule has 0 aliphatic carbocycles. The number of methoxy groups -OCH3 is 1. The zero-order valence-corrected chi connectivity index (χ0v) is 25.6. The van der Waals surface area contributed by atoms with Crippen molar-refractivity contribution >= 4 is 23.2 Å². The van der Waals surface area contributed by atoms with Gasteiger partial charge in [0, 0.05) is 10.7 Å². The smallest absolute Gasteiger partial charge is 0.232 e. The summed E-state index contributed by atoms with van der Waals surface area (Å²) in [4.78, 5) is 18.2. The van der Waals surface area contributed by atoms with E-state index in [1.165, 1.54) is 0 Å². The van der Waals surface area contributed by atoms with Gasteiger partial charge in [0.1, 0.15) is 0 Å². The van der Waals surface area contributed by atoms with Gasteiger partial charge >= 0.3 is 0 Å². The largest absolute Gasteiger partial charge is 0.493 e. The minimum Gasteiger partial charge on any atom is -0.493 e. The van der Waals surface area contributed by atoms with Crippen LogP contribution >= 0.6 is 11.6 Å². The first-order valence-corrected chi connectivity index (χ1v) is 15.4. The summed E-state index contributed by atoms with van der Waals surface area (Å²) < 4.78 is 39.7. The van der Waals surface area contributed by atoms with Gasteiger partial charge in [0.15, 0.2) is 11.5 Å². The number of piperidine rings is 1. The summed E-state index contributed by atoms with van der Waals surface area (Å²) in [5.41, 5.74) is 2.78. The van der Waals surface area contributed by atoms with E-state index in [0.29, 0.717) is 28.1 Å². The molecule has 3 heterocycles. The van der Waals surface area contributed by atoms with Gasteiger partial charge < -0.3 is 24.2 Å². The Kier molecular flexibility index (Phi) is 7.42. The van der Waals surface area contributed by atoms with Crippen LogP contribution in [0.15, 0.2) is 60.7 Å². The molecule has 3 aromatic carbocycles. The minimum absolute atomic E-state index is 0.0445. The number of carbonyl (C=O) groups is 1. The highest BCUT2D eigenvalue weighted by Crippen LogP contribution is 2.44. The van der Waals surface area contributed by atoms with E-state index in [-0.39, 0.29) is 30.1 Å². The van der Waals surface area contributed by atoms with Gasteiger partial charge in [0.25, 0.3) is 0 Å². The summed E-state index contributed by atoms with van der Waals surface area (Å²) in [5, 5.41) is 12.3. The quantitative estimate of drug-likeness (QED) is 0.332. The van der Waals surface area contributed by atoms with Gasteiger partial charge in [-0.25, -0.2) is 0 Å². The molecule has 2 fully saturated rings. The molecule has 6 rings (SSSR count). The lowest BCUT2D eigenvalue weighted by atomic mass is 9.77. The second-order valence-electron chi connectivity index (χ2n) is 12.4. The van der Waals surface area contributed by atoms with Gasteiger partial charge in [-0.1, -0.05) is 35.9 Å². The van der Waals surface area contributed by atoms with Crippen molar-refractivity contribution in [1.29, 1.82) is 0 Å². The molecule has 0 aromatic heterocycles. The summed E-state index contributed by atoms with van der Waals surface area (Å²) >= 11 is 6.25. The molecular formula is C35H41ClN2O5. The fraction of sp³-hybridized carbons (Fsp3) is 0.457. The summed E-state index contributed by atoms with van der Waals surface area (Å²) in [6.07, 6.45) is 1.61. The lowest BCUT2D eigenvalue weighted by Crippen LogP contribution is -2.53. The third-order valence-corrected chi connectivity index (χ3v) is 9.47. The molecule has 2 saturated heterocycles. The molecule has 228 valence electrons. The average molecular weight is 608 g/mol. The predicted octanol–water partition coefficient (Wildman–Crippen LogP) is 6.13. The maximum atomic E-state index is 14.0. The minimum atomic E-state index is -2.69. The Morgan fingerprint density at radius 3 is 2.35 bits per heavy atom. The second-order valence-corrected chi connectivity index (χ2v) is 12.8. The first kappa shape index (κ1) is 26.3. The number of rotatable bonds is 8. The van der Waals surface area contributed by atoms with Crippen LogP contribution in [0.2, 0.25) is 5.02 Å². The molecule has 0 saturated carbocycles. The van der Waals surface area contributed by atoms with Crippen LogP contribution in [0, 0.1) is 5.92 Å². The number of ether oxygens (including phenoxy) is 3. The lowest BCUT2D eigenvalue weighted by Gasteiger charge is -2.44. The van der Waals surface area contributed by atoms with E-state index in [1.807, 2.05) is 57.2 Å². The Labute approximate surface area is 263 Å². The molecule has 3 aliphatic heterocycles. The van der Waals surface area contributed by atoms with E-state index in [1.54, 1.807) is 29.2 Å². The molecule has 0 spiro atoms. The highest BCUT2D eigenvalue weighted by Gasteiger charge is 2.40. The van der Waals surface area contributed by atoms with Crippen LogP contribution in [0.3, 0.4) is 0 Å². The van der Waals surface area contributed by atoms with Crippen LogP contribution in [0.1, 0.15) is 66.0 Å². The van der Waals surface area contributed by atoms with Crippen LogP contribution in [-0.2, 0) is 21.6 Å². The van der Waals surface area contributed by atoms with Crippen LogP contribution in [0.25, 0.3) is 0 Å². The van der Waals surface area contributed by atoms with E-state index >= 15 is 0 Å². The Hall–Kier alpha value is -3.10. The van der Waals surface area contributed by atoms with E-state index in [0.717, 1.165) is 55.8 Å². The van der Waals surface area contributed by atoms with Crippen LogP contribution in [-0.4, -0.2) is 61.4 Å². The highest BCUT2D eigenvalue weighted by atomic mass is 35.5. The van der Waals surface area contributed by atoms with Crippen LogP contribution in [0.5, 0.6) is 11.5 Å². The average Bonchev–Trinajstić information content (AvgIpc) is 2.96. The van der Waals surface area contributed by atoms with Crippen LogP contribution < -0.4 is 14.4 Å². The SMILES string of the molecule is [2H]C([2H])([2H])Oc1cc2c(cc1OC(C)C)[C@H](c1ccc(Cl)cc1)N(c1ccc([C@@](C)(O)C3CCN(C4COC4)CC3)cc1)C(=O)C2. The van der Waals surface area contributed by atoms with Gasteiger partial charge in [-0.15, -0.1) is 0 Å². The number of aliphatic hydroxyl groups is 1. The topological polar surface area (TPSA) is 71.5 Å². The molecule has 0 unspecified atom stereocenters. The number of benzene rings is 3. The molecule has 3 aliphatic rings. The molecule has 2 atom stereocenters. The Morgan fingerprint density at radius 1 is 1.05 bits per heavy atom. The van der Waals surface area contributed by atoms with Crippen molar-refractivity contribution in [3.63, 3.8) is 0 Å². The number of halogens is 1. The standard InChI is InChI=1S/C35H41ClN2O5/c1-22(2)43-32-19-30-24(17-31(32)41-4)18-33(39)38(34(30)23-5-9-27(36)10-6-23)28-11-7-25(8-12-28)35(3,40)26-13-15-37(16-14-26)29-20-42-21-29/h5-12,17,19,22,26,29,34,40H,13-16,18,20-21H2,1-4H3/t34-,35+/m0/s1/i4D3. The third kappa shape index (κ3) is 5.88. The third-order valence-electron chi connectivity index (χ3n) is 9.22. The number of anilines is 1. The Balaban J connectivity index is 1.34. The Bertz CT molecular complexity index is 1550. The molecule has 1 N–H and O–H groups in total. The predicted molar refractivity (Wildman–Crippen MR) is 168 cm³/mol. The normalized spacial score (nSPS) is 22.7. The number of hydrogen-bond acceptors (Lipinski definition) is 6. The first-order chi connectivity index (χ1) is 21.8. The molecule has 8 heteroatoms. The molecule has 43 heavy (non-hydrogen) atoms. The maximum Gasteiger partial charge on any atom is 0.232 e. The molecule has 1 amide bonds. The maximum absolute atomic E-state index is 14.0. The zero-order chi connectivity index (χ0) is 32.8. The van der Waals surface area contributed by atoms with E-state index in [4.69, 9.17) is 29.9 Å². The molecule has 0 radical (unpaired) electrons. The first-order valence-electron chi connectivity index (χ1n) is 16.5. The van der Waals surface area contributed by atoms with Gasteiger partial charge in [0.05, 0.1) is 54.6 Å². The van der Waals surface area contributed by atoms with Crippen molar-refractivity contribution in [1.82, 2.24) is 4.90 Å². The molecule has 7 nitrogen and oxygen atoms in total. The number of fused-ring (bicyclic) bond motifs is 1. The summed E-state index contributed by atoms with van der Waals surface area (Å²) in [5.74, 6) is 0.325.